The Balaban J connectivity index is 1.86. The number of halogens is 2. The molecule has 2 N–H and O–H groups in total. The highest BCUT2D eigenvalue weighted by molar-refractivity contribution is 5.80. The molecule has 0 atom stereocenters. The first-order chi connectivity index (χ1) is 10.2. The Hall–Kier alpha value is -2.11. The highest BCUT2D eigenvalue weighted by Gasteiger charge is 2.11. The molecular formula is C15H19F2N3O. The van der Waals surface area contributed by atoms with Crippen molar-refractivity contribution in [3.05, 3.63) is 42.0 Å². The Kier molecular flexibility index (Phi) is 5.54. The molecule has 21 heavy (non-hydrogen) atoms. The highest BCUT2D eigenvalue weighted by atomic mass is 19.3. The number of rotatable bonds is 5. The summed E-state index contributed by atoms with van der Waals surface area (Å²) >= 11 is 0. The van der Waals surface area contributed by atoms with E-state index >= 15 is 0 Å². The van der Waals surface area contributed by atoms with Gasteiger partial charge in [-0.05, 0) is 30.5 Å². The molecule has 6 heteroatoms. The molecule has 0 heterocycles. The van der Waals surface area contributed by atoms with E-state index in [1.54, 1.807) is 19.2 Å². The van der Waals surface area contributed by atoms with Crippen LogP contribution < -0.4 is 15.4 Å². The number of guanidine groups is 1. The molecule has 1 aliphatic carbocycles. The van der Waals surface area contributed by atoms with Gasteiger partial charge in [-0.1, -0.05) is 24.3 Å². The fourth-order valence-electron chi connectivity index (χ4n) is 2.14. The van der Waals surface area contributed by atoms with Gasteiger partial charge in [-0.25, -0.2) is 0 Å². The number of nitrogens with zero attached hydrogens (tertiary/aromatic N) is 1. The van der Waals surface area contributed by atoms with Crippen molar-refractivity contribution in [1.29, 1.82) is 0 Å². The summed E-state index contributed by atoms with van der Waals surface area (Å²) in [5.74, 6) is 0.858. The smallest absolute Gasteiger partial charge is 0.387 e. The molecule has 0 aliphatic heterocycles. The molecule has 0 saturated carbocycles. The molecule has 0 radical (unpaired) electrons. The molecular weight excluding hydrogens is 276 g/mol. The maximum absolute atomic E-state index is 12.2. The Morgan fingerprint density at radius 1 is 1.38 bits per heavy atom. The highest BCUT2D eigenvalue weighted by Crippen LogP contribution is 2.15. The fraction of sp³-hybridized carbons (Fsp3) is 0.400. The van der Waals surface area contributed by atoms with Crippen LogP contribution in [0.25, 0.3) is 0 Å². The average molecular weight is 295 g/mol. The van der Waals surface area contributed by atoms with Gasteiger partial charge < -0.3 is 15.4 Å². The van der Waals surface area contributed by atoms with Crippen LogP contribution in [0.3, 0.4) is 0 Å². The maximum atomic E-state index is 12.2. The lowest BCUT2D eigenvalue weighted by Gasteiger charge is -2.17. The van der Waals surface area contributed by atoms with Crippen molar-refractivity contribution >= 4 is 5.96 Å². The lowest BCUT2D eigenvalue weighted by Crippen LogP contribution is -2.42. The third-order valence-corrected chi connectivity index (χ3v) is 3.16. The second-order valence-corrected chi connectivity index (χ2v) is 4.74. The van der Waals surface area contributed by atoms with E-state index < -0.39 is 6.61 Å². The molecule has 0 spiro atoms. The van der Waals surface area contributed by atoms with Gasteiger partial charge in [0.15, 0.2) is 5.96 Å². The number of ether oxygens (including phenoxy) is 1. The van der Waals surface area contributed by atoms with Crippen LogP contribution in [0.4, 0.5) is 8.78 Å². The molecule has 0 aromatic heterocycles. The predicted octanol–water partition coefficient (Wildman–Crippen LogP) is 2.67. The summed E-state index contributed by atoms with van der Waals surface area (Å²) in [6.45, 7) is -2.32. The van der Waals surface area contributed by atoms with Crippen LogP contribution in [0.15, 0.2) is 41.4 Å². The number of nitrogens with one attached hydrogen (secondary N) is 2. The molecule has 114 valence electrons. The standard InChI is InChI=1S/C15H19F2N3O/c1-18-15(20-12-6-2-3-7-12)19-10-11-5-4-8-13(9-11)21-14(16)17/h2-5,8-9,12,14H,6-7,10H2,1H3,(H2,18,19,20). The summed E-state index contributed by atoms with van der Waals surface area (Å²) in [4.78, 5) is 4.15. The molecule has 0 saturated heterocycles. The van der Waals surface area contributed by atoms with E-state index in [4.69, 9.17) is 0 Å². The van der Waals surface area contributed by atoms with Crippen molar-refractivity contribution in [3.8, 4) is 5.75 Å². The van der Waals surface area contributed by atoms with E-state index in [2.05, 4.69) is 32.5 Å². The fourth-order valence-corrected chi connectivity index (χ4v) is 2.14. The Bertz CT molecular complexity index is 509. The molecule has 4 nitrogen and oxygen atoms in total. The van der Waals surface area contributed by atoms with Crippen molar-refractivity contribution in [3.63, 3.8) is 0 Å². The van der Waals surface area contributed by atoms with E-state index in [0.717, 1.165) is 18.4 Å². The van der Waals surface area contributed by atoms with Gasteiger partial charge in [-0.15, -0.1) is 0 Å². The van der Waals surface area contributed by atoms with Crippen LogP contribution in [0.1, 0.15) is 18.4 Å². The van der Waals surface area contributed by atoms with Crippen molar-refractivity contribution < 1.29 is 13.5 Å². The van der Waals surface area contributed by atoms with E-state index in [1.807, 2.05) is 6.07 Å². The minimum absolute atomic E-state index is 0.159. The Labute approximate surface area is 122 Å². The summed E-state index contributed by atoms with van der Waals surface area (Å²) < 4.78 is 28.7. The van der Waals surface area contributed by atoms with Crippen LogP contribution >= 0.6 is 0 Å². The molecule has 0 bridgehead atoms. The van der Waals surface area contributed by atoms with Gasteiger partial charge in [-0.2, -0.15) is 8.78 Å². The number of alkyl halides is 2. The first kappa shape index (κ1) is 15.3. The summed E-state index contributed by atoms with van der Waals surface area (Å²) in [5.41, 5.74) is 0.848. The average Bonchev–Trinajstić information content (AvgIpc) is 2.96. The lowest BCUT2D eigenvalue weighted by atomic mass is 10.2. The Morgan fingerprint density at radius 2 is 2.14 bits per heavy atom. The van der Waals surface area contributed by atoms with Crippen LogP contribution in [0.2, 0.25) is 0 Å². The van der Waals surface area contributed by atoms with Gasteiger partial charge in [0.25, 0.3) is 0 Å². The van der Waals surface area contributed by atoms with Crippen LogP contribution in [-0.2, 0) is 6.54 Å². The van der Waals surface area contributed by atoms with Crippen LogP contribution in [-0.4, -0.2) is 25.7 Å². The van der Waals surface area contributed by atoms with Crippen molar-refractivity contribution in [1.82, 2.24) is 10.6 Å². The number of hydrogen-bond donors (Lipinski definition) is 2. The van der Waals surface area contributed by atoms with Crippen LogP contribution in [0, 0.1) is 0 Å². The summed E-state index contributed by atoms with van der Waals surface area (Å²) in [5, 5.41) is 6.47. The number of benzene rings is 1. The number of hydrogen-bond acceptors (Lipinski definition) is 2. The van der Waals surface area contributed by atoms with E-state index in [-0.39, 0.29) is 5.75 Å². The van der Waals surface area contributed by atoms with Crippen LogP contribution in [0.5, 0.6) is 5.75 Å². The third-order valence-electron chi connectivity index (χ3n) is 3.16. The van der Waals surface area contributed by atoms with E-state index in [0.29, 0.717) is 18.5 Å². The zero-order chi connectivity index (χ0) is 15.1. The van der Waals surface area contributed by atoms with Gasteiger partial charge in [0, 0.05) is 19.6 Å². The van der Waals surface area contributed by atoms with E-state index in [1.165, 1.54) is 6.07 Å². The maximum Gasteiger partial charge on any atom is 0.387 e. The molecule has 1 aromatic rings. The third kappa shape index (κ3) is 5.06. The topological polar surface area (TPSA) is 45.7 Å². The van der Waals surface area contributed by atoms with E-state index in [9.17, 15) is 8.78 Å². The minimum Gasteiger partial charge on any atom is -0.435 e. The molecule has 1 aliphatic rings. The lowest BCUT2D eigenvalue weighted by molar-refractivity contribution is -0.0498. The largest absolute Gasteiger partial charge is 0.435 e. The zero-order valence-electron chi connectivity index (χ0n) is 11.9. The second kappa shape index (κ2) is 7.61. The first-order valence-electron chi connectivity index (χ1n) is 6.83. The van der Waals surface area contributed by atoms with Gasteiger partial charge in [0.2, 0.25) is 0 Å². The van der Waals surface area contributed by atoms with Crippen molar-refractivity contribution in [2.75, 3.05) is 7.05 Å². The summed E-state index contributed by atoms with van der Waals surface area (Å²) in [6.07, 6.45) is 6.24. The SMILES string of the molecule is CN=C(NCc1cccc(OC(F)F)c1)NC1CC=CC1. The molecule has 0 amide bonds. The minimum atomic E-state index is -2.81. The first-order valence-corrected chi connectivity index (χ1v) is 6.83. The Morgan fingerprint density at radius 3 is 2.81 bits per heavy atom. The van der Waals surface area contributed by atoms with Gasteiger partial charge in [-0.3, -0.25) is 4.99 Å². The summed E-state index contributed by atoms with van der Waals surface area (Å²) in [7, 11) is 1.70. The zero-order valence-corrected chi connectivity index (χ0v) is 11.9. The van der Waals surface area contributed by atoms with Crippen molar-refractivity contribution in [2.24, 2.45) is 4.99 Å². The predicted molar refractivity (Wildman–Crippen MR) is 78.6 cm³/mol. The summed E-state index contributed by atoms with van der Waals surface area (Å²) in [6, 6.07) is 6.99. The normalized spacial score (nSPS) is 15.5. The molecule has 2 rings (SSSR count). The quantitative estimate of drug-likeness (QED) is 0.499. The number of aliphatic imine (C=N–C) groups is 1. The molecule has 0 unspecified atom stereocenters. The molecule has 1 aromatic carbocycles. The van der Waals surface area contributed by atoms with Gasteiger partial charge >= 0.3 is 6.61 Å². The van der Waals surface area contributed by atoms with Crippen molar-refractivity contribution in [2.45, 2.75) is 32.0 Å². The monoisotopic (exact) mass is 295 g/mol. The van der Waals surface area contributed by atoms with Gasteiger partial charge in [0.05, 0.1) is 0 Å². The second-order valence-electron chi connectivity index (χ2n) is 4.74. The molecule has 0 fully saturated rings. The van der Waals surface area contributed by atoms with Gasteiger partial charge in [0.1, 0.15) is 5.75 Å².